The number of halogens is 6. The van der Waals surface area contributed by atoms with Gasteiger partial charge in [-0.2, -0.15) is 35.9 Å². The predicted octanol–water partition coefficient (Wildman–Crippen LogP) is 2.97. The molecule has 1 aliphatic carbocycles. The third-order valence-electron chi connectivity index (χ3n) is 5.08. The lowest BCUT2D eigenvalue weighted by molar-refractivity contribution is -0.153. The molecule has 0 bridgehead atoms. The Morgan fingerprint density at radius 1 is 1.25 bits per heavy atom. The number of amides is 1. The maximum Gasteiger partial charge on any atom is 0.422 e. The number of nitriles is 1. The summed E-state index contributed by atoms with van der Waals surface area (Å²) in [7, 11) is -4.86. The topological polar surface area (TPSA) is 99.5 Å². The van der Waals surface area contributed by atoms with Crippen LogP contribution in [0.15, 0.2) is 23.1 Å². The zero-order valence-corrected chi connectivity index (χ0v) is 17.1. The number of ether oxygens (including phenoxy) is 1. The normalized spacial score (nSPS) is 21.1. The van der Waals surface area contributed by atoms with Gasteiger partial charge in [0.15, 0.2) is 6.61 Å². The fourth-order valence-electron chi connectivity index (χ4n) is 3.34. The number of nitrogens with one attached hydrogen (secondary N) is 1. The van der Waals surface area contributed by atoms with Crippen molar-refractivity contribution in [3.05, 3.63) is 23.8 Å². The molecular weight excluding hydrogens is 468 g/mol. The summed E-state index contributed by atoms with van der Waals surface area (Å²) in [4.78, 5) is 11.3. The van der Waals surface area contributed by atoms with Crippen LogP contribution in [0.2, 0.25) is 0 Å². The van der Waals surface area contributed by atoms with Crippen LogP contribution in [0.1, 0.15) is 31.2 Å². The van der Waals surface area contributed by atoms with Gasteiger partial charge >= 0.3 is 12.4 Å². The Bertz CT molecular complexity index is 1040. The van der Waals surface area contributed by atoms with Crippen molar-refractivity contribution in [2.75, 3.05) is 13.2 Å². The molecule has 1 aromatic carbocycles. The van der Waals surface area contributed by atoms with Gasteiger partial charge in [-0.1, -0.05) is 0 Å². The first-order valence-electron chi connectivity index (χ1n) is 9.34. The minimum Gasteiger partial charge on any atom is -0.484 e. The zero-order valence-electron chi connectivity index (χ0n) is 16.3. The Balaban J connectivity index is 1.92. The van der Waals surface area contributed by atoms with E-state index in [1.807, 2.05) is 6.07 Å². The Hall–Kier alpha value is -2.53. The van der Waals surface area contributed by atoms with E-state index in [1.165, 1.54) is 0 Å². The second kappa shape index (κ2) is 8.11. The number of hydrogen-bond acceptors (Lipinski definition) is 5. The molecule has 1 unspecified atom stereocenters. The monoisotopic (exact) mass is 485 g/mol. The number of rotatable bonds is 6. The highest BCUT2D eigenvalue weighted by Gasteiger charge is 2.49. The molecule has 7 nitrogen and oxygen atoms in total. The van der Waals surface area contributed by atoms with E-state index in [1.54, 1.807) is 0 Å². The van der Waals surface area contributed by atoms with Crippen LogP contribution in [-0.2, 0) is 21.0 Å². The zero-order chi connectivity index (χ0) is 23.9. The van der Waals surface area contributed by atoms with E-state index in [0.717, 1.165) is 0 Å². The highest BCUT2D eigenvalue weighted by Crippen LogP contribution is 2.40. The number of nitrogens with zero attached hydrogens (tertiary/aromatic N) is 2. The summed E-state index contributed by atoms with van der Waals surface area (Å²) < 4.78 is 109. The lowest BCUT2D eigenvalue weighted by atomic mass is 10.2. The van der Waals surface area contributed by atoms with Crippen molar-refractivity contribution in [2.45, 2.75) is 54.5 Å². The molecule has 32 heavy (non-hydrogen) atoms. The lowest BCUT2D eigenvalue weighted by Gasteiger charge is -2.26. The fraction of sp³-hybridized carbons (Fsp3) is 0.556. The molecule has 1 amide bonds. The maximum atomic E-state index is 13.6. The molecule has 0 radical (unpaired) electrons. The van der Waals surface area contributed by atoms with E-state index in [0.29, 0.717) is 29.3 Å². The van der Waals surface area contributed by atoms with Crippen LogP contribution >= 0.6 is 0 Å². The van der Waals surface area contributed by atoms with E-state index in [2.05, 4.69) is 10.1 Å². The van der Waals surface area contributed by atoms with E-state index < -0.39 is 62.7 Å². The molecule has 1 aromatic rings. The van der Waals surface area contributed by atoms with Gasteiger partial charge in [0, 0.05) is 6.54 Å². The Labute approximate surface area is 179 Å². The molecule has 1 aliphatic heterocycles. The van der Waals surface area contributed by atoms with Gasteiger partial charge in [-0.05, 0) is 43.9 Å². The maximum absolute atomic E-state index is 13.6. The second-order valence-electron chi connectivity index (χ2n) is 7.52. The van der Waals surface area contributed by atoms with Crippen LogP contribution in [0.3, 0.4) is 0 Å². The van der Waals surface area contributed by atoms with Gasteiger partial charge in [-0.15, -0.1) is 0 Å². The molecule has 1 atom stereocenters. The molecule has 0 aromatic heterocycles. The van der Waals surface area contributed by atoms with Gasteiger partial charge in [0.1, 0.15) is 17.3 Å². The average molecular weight is 485 g/mol. The van der Waals surface area contributed by atoms with Crippen LogP contribution < -0.4 is 10.1 Å². The molecule has 1 saturated carbocycles. The van der Waals surface area contributed by atoms with Crippen molar-refractivity contribution in [2.24, 2.45) is 0 Å². The van der Waals surface area contributed by atoms with Crippen LogP contribution in [-0.4, -0.2) is 49.5 Å². The molecule has 14 heteroatoms. The van der Waals surface area contributed by atoms with Gasteiger partial charge in [-0.3, -0.25) is 4.79 Å². The highest BCUT2D eigenvalue weighted by atomic mass is 32.2. The van der Waals surface area contributed by atoms with E-state index in [4.69, 9.17) is 5.26 Å². The van der Waals surface area contributed by atoms with E-state index >= 15 is 0 Å². The van der Waals surface area contributed by atoms with Crippen molar-refractivity contribution in [3.63, 3.8) is 0 Å². The first kappa shape index (κ1) is 24.1. The molecule has 1 heterocycles. The smallest absolute Gasteiger partial charge is 0.422 e. The summed E-state index contributed by atoms with van der Waals surface area (Å²) in [5.74, 6) is -1.60. The predicted molar refractivity (Wildman–Crippen MR) is 95.6 cm³/mol. The quantitative estimate of drug-likeness (QED) is 0.625. The Morgan fingerprint density at radius 3 is 2.44 bits per heavy atom. The van der Waals surface area contributed by atoms with Crippen LogP contribution in [0.25, 0.3) is 0 Å². The Morgan fingerprint density at radius 2 is 1.91 bits per heavy atom. The van der Waals surface area contributed by atoms with E-state index in [-0.39, 0.29) is 25.5 Å². The summed E-state index contributed by atoms with van der Waals surface area (Å²) in [6.45, 7) is -2.09. The van der Waals surface area contributed by atoms with Gasteiger partial charge in [0.2, 0.25) is 15.9 Å². The van der Waals surface area contributed by atoms with Crippen molar-refractivity contribution in [1.82, 2.24) is 9.62 Å². The van der Waals surface area contributed by atoms with E-state index in [9.17, 15) is 39.6 Å². The molecule has 1 N–H and O–H groups in total. The van der Waals surface area contributed by atoms with Crippen molar-refractivity contribution in [3.8, 4) is 11.8 Å². The Kier molecular flexibility index (Phi) is 6.11. The minimum atomic E-state index is -5.23. The largest absolute Gasteiger partial charge is 0.484 e. The van der Waals surface area contributed by atoms with Gasteiger partial charge < -0.3 is 10.1 Å². The third-order valence-corrected chi connectivity index (χ3v) is 7.04. The van der Waals surface area contributed by atoms with Crippen LogP contribution in [0, 0.1) is 11.3 Å². The lowest BCUT2D eigenvalue weighted by Crippen LogP contribution is -2.49. The first-order valence-corrected chi connectivity index (χ1v) is 10.8. The summed E-state index contributed by atoms with van der Waals surface area (Å²) in [6.07, 6.45) is -9.03. The number of alkyl halides is 6. The molecule has 2 aliphatic rings. The molecule has 0 spiro atoms. The van der Waals surface area contributed by atoms with Crippen LogP contribution in [0.5, 0.6) is 5.75 Å². The standard InChI is InChI=1S/C18H17F6N3O4S/c19-17(20,21)10-31-11-3-4-14(12(8-11)18(22,23)24)32(29,30)27-7-1-2-13(27)15(28)26-16(9-25)5-6-16/h3-4,8,13H,1-2,5-7,10H2,(H,26,28). The summed E-state index contributed by atoms with van der Waals surface area (Å²) in [6, 6.07) is 1.97. The van der Waals surface area contributed by atoms with Gasteiger partial charge in [0.05, 0.1) is 16.5 Å². The fourth-order valence-corrected chi connectivity index (χ4v) is 5.19. The summed E-state index contributed by atoms with van der Waals surface area (Å²) in [5.41, 5.74) is -2.80. The van der Waals surface area contributed by atoms with Crippen molar-refractivity contribution >= 4 is 15.9 Å². The SMILES string of the molecule is N#CC1(NC(=O)C2CCCN2S(=O)(=O)c2ccc(OCC(F)(F)F)cc2C(F)(F)F)CC1. The number of sulfonamides is 1. The summed E-state index contributed by atoms with van der Waals surface area (Å²) >= 11 is 0. The second-order valence-corrected chi connectivity index (χ2v) is 9.38. The molecule has 176 valence electrons. The number of carbonyl (C=O) groups is 1. The molecule has 2 fully saturated rings. The van der Waals surface area contributed by atoms with Crippen LogP contribution in [0.4, 0.5) is 26.3 Å². The minimum absolute atomic E-state index is 0.0424. The highest BCUT2D eigenvalue weighted by molar-refractivity contribution is 7.89. The first-order chi connectivity index (χ1) is 14.7. The molecular formula is C18H17F6N3O4S. The van der Waals surface area contributed by atoms with Crippen molar-refractivity contribution in [1.29, 1.82) is 5.26 Å². The van der Waals surface area contributed by atoms with Gasteiger partial charge in [0.25, 0.3) is 0 Å². The number of carbonyl (C=O) groups excluding carboxylic acids is 1. The molecule has 3 rings (SSSR count). The van der Waals surface area contributed by atoms with Crippen molar-refractivity contribution < 1.29 is 44.3 Å². The number of hydrogen-bond donors (Lipinski definition) is 1. The third kappa shape index (κ3) is 5.09. The molecule has 1 saturated heterocycles. The van der Waals surface area contributed by atoms with Gasteiger partial charge in [-0.25, -0.2) is 8.42 Å². The average Bonchev–Trinajstić information content (AvgIpc) is 3.26. The number of benzene rings is 1. The summed E-state index contributed by atoms with van der Waals surface area (Å²) in [5, 5.41) is 11.5.